The van der Waals surface area contributed by atoms with Crippen molar-refractivity contribution in [3.8, 4) is 0 Å². The van der Waals surface area contributed by atoms with E-state index in [0.29, 0.717) is 18.5 Å². The van der Waals surface area contributed by atoms with Crippen molar-refractivity contribution in [1.82, 2.24) is 4.90 Å². The maximum atomic E-state index is 11.8. The number of carbonyl (C=O) groups is 2. The van der Waals surface area contributed by atoms with Crippen molar-refractivity contribution in [2.75, 3.05) is 6.54 Å². The van der Waals surface area contributed by atoms with Gasteiger partial charge in [-0.05, 0) is 31.7 Å². The lowest BCUT2D eigenvalue weighted by molar-refractivity contribution is -0.315. The third-order valence-corrected chi connectivity index (χ3v) is 4.37. The fraction of sp³-hybridized carbons (Fsp3) is 0.500. The van der Waals surface area contributed by atoms with E-state index in [1.165, 1.54) is 6.92 Å². The second-order valence-corrected chi connectivity index (χ2v) is 5.58. The van der Waals surface area contributed by atoms with Gasteiger partial charge in [0.05, 0.1) is 11.4 Å². The molecule has 1 aliphatic heterocycles. The number of nitrogens with zero attached hydrogens (tertiary/aromatic N) is 1. The van der Waals surface area contributed by atoms with Gasteiger partial charge in [0.2, 0.25) is 5.91 Å². The molecule has 2 atom stereocenters. The summed E-state index contributed by atoms with van der Waals surface area (Å²) >= 11 is 0. The van der Waals surface area contributed by atoms with Crippen molar-refractivity contribution < 1.29 is 14.7 Å². The van der Waals surface area contributed by atoms with Crippen LogP contribution >= 0.6 is 0 Å². The van der Waals surface area contributed by atoms with E-state index in [4.69, 9.17) is 0 Å². The van der Waals surface area contributed by atoms with Gasteiger partial charge >= 0.3 is 0 Å². The third-order valence-electron chi connectivity index (χ3n) is 4.37. The van der Waals surface area contributed by atoms with E-state index in [1.54, 1.807) is 24.0 Å². The Balaban J connectivity index is 2.46. The summed E-state index contributed by atoms with van der Waals surface area (Å²) in [5, 5.41) is 11.8. The number of carboxylic acids is 1. The summed E-state index contributed by atoms with van der Waals surface area (Å²) in [4.78, 5) is 25.3. The summed E-state index contributed by atoms with van der Waals surface area (Å²) in [5.74, 6) is -1.19. The molecule has 0 saturated carbocycles. The first-order valence-electron chi connectivity index (χ1n) is 7.02. The molecule has 0 aromatic heterocycles. The summed E-state index contributed by atoms with van der Waals surface area (Å²) in [6, 6.07) is 8.73. The summed E-state index contributed by atoms with van der Waals surface area (Å²) in [7, 11) is 0. The van der Waals surface area contributed by atoms with Crippen molar-refractivity contribution in [2.45, 2.75) is 44.6 Å². The summed E-state index contributed by atoms with van der Waals surface area (Å²) in [5.41, 5.74) is -0.481. The van der Waals surface area contributed by atoms with Crippen molar-refractivity contribution in [3.63, 3.8) is 0 Å². The average molecular weight is 274 g/mol. The first-order valence-corrected chi connectivity index (χ1v) is 7.02. The van der Waals surface area contributed by atoms with Crippen LogP contribution in [0.4, 0.5) is 0 Å². The van der Waals surface area contributed by atoms with E-state index in [-0.39, 0.29) is 11.9 Å². The molecule has 108 valence electrons. The van der Waals surface area contributed by atoms with Gasteiger partial charge in [0.15, 0.2) is 0 Å². The number of carboxylic acid groups (broad SMARTS) is 1. The fourth-order valence-electron chi connectivity index (χ4n) is 3.14. The van der Waals surface area contributed by atoms with Crippen LogP contribution in [-0.2, 0) is 15.0 Å². The molecule has 0 aliphatic carbocycles. The highest BCUT2D eigenvalue weighted by atomic mass is 16.4. The highest BCUT2D eigenvalue weighted by Gasteiger charge is 2.42. The number of amides is 1. The first kappa shape index (κ1) is 14.6. The highest BCUT2D eigenvalue weighted by Crippen LogP contribution is 2.35. The van der Waals surface area contributed by atoms with Crippen molar-refractivity contribution in [3.05, 3.63) is 35.9 Å². The zero-order valence-electron chi connectivity index (χ0n) is 12.0. The molecule has 0 spiro atoms. The number of aliphatic carboxylic acids is 1. The Hall–Kier alpha value is -1.84. The third kappa shape index (κ3) is 2.42. The number of carbonyl (C=O) groups excluding carboxylic acids is 2. The number of hydrogen-bond acceptors (Lipinski definition) is 3. The van der Waals surface area contributed by atoms with Crippen LogP contribution in [0.5, 0.6) is 0 Å². The normalized spacial score (nSPS) is 22.1. The van der Waals surface area contributed by atoms with Crippen LogP contribution in [0.25, 0.3) is 0 Å². The summed E-state index contributed by atoms with van der Waals surface area (Å²) in [6.45, 7) is 3.79. The second kappa shape index (κ2) is 5.65. The van der Waals surface area contributed by atoms with Crippen LogP contribution in [0.2, 0.25) is 0 Å². The van der Waals surface area contributed by atoms with Crippen LogP contribution in [-0.4, -0.2) is 29.4 Å². The van der Waals surface area contributed by atoms with E-state index < -0.39 is 11.4 Å². The SMILES string of the molecule is CC(=O)N1CCCCC1C(C)(C(=O)[O-])c1ccccc1. The Kier molecular flexibility index (Phi) is 4.12. The molecule has 1 saturated heterocycles. The Morgan fingerprint density at radius 1 is 1.25 bits per heavy atom. The van der Waals surface area contributed by atoms with Crippen LogP contribution in [0.1, 0.15) is 38.7 Å². The molecule has 0 N–H and O–H groups in total. The Morgan fingerprint density at radius 3 is 2.45 bits per heavy atom. The van der Waals surface area contributed by atoms with Crippen LogP contribution in [0.15, 0.2) is 30.3 Å². The molecule has 0 radical (unpaired) electrons. The molecule has 4 heteroatoms. The van der Waals surface area contributed by atoms with Crippen molar-refractivity contribution in [1.29, 1.82) is 0 Å². The monoisotopic (exact) mass is 274 g/mol. The van der Waals surface area contributed by atoms with Crippen molar-refractivity contribution in [2.24, 2.45) is 0 Å². The predicted octanol–water partition coefficient (Wildman–Crippen LogP) is 1.10. The molecule has 1 fully saturated rings. The van der Waals surface area contributed by atoms with Gasteiger partial charge in [-0.25, -0.2) is 0 Å². The van der Waals surface area contributed by atoms with Crippen molar-refractivity contribution >= 4 is 11.9 Å². The largest absolute Gasteiger partial charge is 0.549 e. The molecule has 1 amide bonds. The Morgan fingerprint density at radius 2 is 1.90 bits per heavy atom. The molecule has 0 bridgehead atoms. The fourth-order valence-corrected chi connectivity index (χ4v) is 3.14. The van der Waals surface area contributed by atoms with E-state index in [9.17, 15) is 14.7 Å². The molecular formula is C16H20NO3-. The molecule has 2 unspecified atom stereocenters. The minimum absolute atomic E-state index is 0.0712. The number of likely N-dealkylation sites (tertiary alicyclic amines) is 1. The summed E-state index contributed by atoms with van der Waals surface area (Å²) < 4.78 is 0. The second-order valence-electron chi connectivity index (χ2n) is 5.58. The maximum absolute atomic E-state index is 11.8. The number of benzene rings is 1. The zero-order valence-corrected chi connectivity index (χ0v) is 12.0. The highest BCUT2D eigenvalue weighted by molar-refractivity contribution is 5.82. The quantitative estimate of drug-likeness (QED) is 0.829. The summed E-state index contributed by atoms with van der Waals surface area (Å²) in [6.07, 6.45) is 2.55. The lowest BCUT2D eigenvalue weighted by atomic mass is 9.72. The molecule has 2 rings (SSSR count). The van der Waals surface area contributed by atoms with Gasteiger partial charge in [-0.1, -0.05) is 30.3 Å². The molecular weight excluding hydrogens is 254 g/mol. The maximum Gasteiger partial charge on any atom is 0.219 e. The Bertz CT molecular complexity index is 500. The Labute approximate surface area is 119 Å². The predicted molar refractivity (Wildman–Crippen MR) is 73.8 cm³/mol. The minimum Gasteiger partial charge on any atom is -0.549 e. The van der Waals surface area contributed by atoms with Gasteiger partial charge in [-0.15, -0.1) is 0 Å². The lowest BCUT2D eigenvalue weighted by Gasteiger charge is -2.47. The van der Waals surface area contributed by atoms with E-state index in [1.807, 2.05) is 18.2 Å². The average Bonchev–Trinajstić information content (AvgIpc) is 2.47. The number of rotatable bonds is 3. The van der Waals surface area contributed by atoms with E-state index in [2.05, 4.69) is 0 Å². The van der Waals surface area contributed by atoms with Gasteiger partial charge in [0.1, 0.15) is 0 Å². The minimum atomic E-state index is -1.17. The molecule has 1 aromatic rings. The molecule has 1 aromatic carbocycles. The van der Waals surface area contributed by atoms with Crippen LogP contribution < -0.4 is 5.11 Å². The topological polar surface area (TPSA) is 60.4 Å². The first-order chi connectivity index (χ1) is 9.48. The smallest absolute Gasteiger partial charge is 0.219 e. The molecule has 4 nitrogen and oxygen atoms in total. The number of hydrogen-bond donors (Lipinski definition) is 0. The van der Waals surface area contributed by atoms with Gasteiger partial charge in [0, 0.05) is 19.5 Å². The molecule has 1 heterocycles. The lowest BCUT2D eigenvalue weighted by Crippen LogP contribution is -2.60. The number of piperidine rings is 1. The zero-order chi connectivity index (χ0) is 14.8. The molecule has 20 heavy (non-hydrogen) atoms. The van der Waals surface area contributed by atoms with E-state index in [0.717, 1.165) is 12.8 Å². The van der Waals surface area contributed by atoms with Gasteiger partial charge in [-0.3, -0.25) is 4.79 Å². The molecule has 1 aliphatic rings. The van der Waals surface area contributed by atoms with Crippen LogP contribution in [0.3, 0.4) is 0 Å². The standard InChI is InChI=1S/C16H21NO3/c1-12(18)17-11-7-6-10-14(17)16(2,15(19)20)13-8-4-3-5-9-13/h3-5,8-9,14H,6-7,10-11H2,1-2H3,(H,19,20)/p-1. The van der Waals surface area contributed by atoms with Gasteiger partial charge < -0.3 is 14.8 Å². The van der Waals surface area contributed by atoms with E-state index >= 15 is 0 Å². The van der Waals surface area contributed by atoms with Crippen LogP contribution in [0, 0.1) is 0 Å². The van der Waals surface area contributed by atoms with Gasteiger partial charge in [0.25, 0.3) is 0 Å². The van der Waals surface area contributed by atoms with Gasteiger partial charge in [-0.2, -0.15) is 0 Å².